The summed E-state index contributed by atoms with van der Waals surface area (Å²) in [5.41, 5.74) is 5.70. The van der Waals surface area contributed by atoms with Crippen molar-refractivity contribution in [2.24, 2.45) is 11.7 Å². The summed E-state index contributed by atoms with van der Waals surface area (Å²) >= 11 is 0. The highest BCUT2D eigenvalue weighted by Crippen LogP contribution is 2.09. The molecule has 0 saturated heterocycles. The molecular formula is C12H24N2O3. The molecule has 0 aromatic rings. The molecule has 2 unspecified atom stereocenters. The summed E-state index contributed by atoms with van der Waals surface area (Å²) in [7, 11) is 1.32. The minimum absolute atomic E-state index is 0.0280. The number of esters is 1. The van der Waals surface area contributed by atoms with E-state index in [-0.39, 0.29) is 11.8 Å². The van der Waals surface area contributed by atoms with Crippen LogP contribution in [0.1, 0.15) is 40.0 Å². The largest absolute Gasteiger partial charge is 0.467 e. The molecule has 0 aromatic heterocycles. The van der Waals surface area contributed by atoms with Gasteiger partial charge in [0.1, 0.15) is 6.04 Å². The Balaban J connectivity index is 4.53. The minimum Gasteiger partial charge on any atom is -0.467 e. The average Bonchev–Trinajstić information content (AvgIpc) is 2.33. The Bertz CT molecular complexity index is 256. The SMILES string of the molecule is CCC[C@@H](N)C(=O)NC(C(=O)OC)C(C)CC. The molecule has 0 heterocycles. The molecule has 0 bridgehead atoms. The van der Waals surface area contributed by atoms with Gasteiger partial charge < -0.3 is 15.8 Å². The number of amides is 1. The molecule has 0 aliphatic heterocycles. The van der Waals surface area contributed by atoms with Gasteiger partial charge in [-0.3, -0.25) is 4.79 Å². The van der Waals surface area contributed by atoms with Gasteiger partial charge in [0.15, 0.2) is 0 Å². The summed E-state index contributed by atoms with van der Waals surface area (Å²) < 4.78 is 4.68. The third kappa shape index (κ3) is 5.17. The van der Waals surface area contributed by atoms with Gasteiger partial charge in [-0.25, -0.2) is 4.79 Å². The van der Waals surface area contributed by atoms with Crippen molar-refractivity contribution in [2.75, 3.05) is 7.11 Å². The lowest BCUT2D eigenvalue weighted by atomic mass is 9.98. The lowest BCUT2D eigenvalue weighted by Gasteiger charge is -2.23. The van der Waals surface area contributed by atoms with Gasteiger partial charge in [0.2, 0.25) is 5.91 Å². The Hall–Kier alpha value is -1.10. The van der Waals surface area contributed by atoms with Gasteiger partial charge in [-0.1, -0.05) is 33.6 Å². The first kappa shape index (κ1) is 15.9. The van der Waals surface area contributed by atoms with Crippen molar-refractivity contribution >= 4 is 11.9 Å². The molecule has 5 nitrogen and oxygen atoms in total. The number of hydrogen-bond donors (Lipinski definition) is 2. The lowest BCUT2D eigenvalue weighted by molar-refractivity contribution is -0.146. The third-order valence-electron chi connectivity index (χ3n) is 2.90. The van der Waals surface area contributed by atoms with Gasteiger partial charge in [0.25, 0.3) is 0 Å². The molecule has 0 spiro atoms. The molecule has 5 heteroatoms. The van der Waals surface area contributed by atoms with Gasteiger partial charge in [-0.2, -0.15) is 0 Å². The van der Waals surface area contributed by atoms with Crippen LogP contribution in [0.4, 0.5) is 0 Å². The minimum atomic E-state index is -0.611. The first-order valence-corrected chi connectivity index (χ1v) is 6.11. The van der Waals surface area contributed by atoms with Crippen LogP contribution in [0.2, 0.25) is 0 Å². The normalized spacial score (nSPS) is 15.8. The average molecular weight is 244 g/mol. The van der Waals surface area contributed by atoms with E-state index in [4.69, 9.17) is 5.73 Å². The van der Waals surface area contributed by atoms with Crippen LogP contribution in [0.3, 0.4) is 0 Å². The van der Waals surface area contributed by atoms with Crippen molar-refractivity contribution < 1.29 is 14.3 Å². The summed E-state index contributed by atoms with van der Waals surface area (Å²) in [5, 5.41) is 2.66. The molecule has 0 saturated carbocycles. The second kappa shape index (κ2) is 8.06. The highest BCUT2D eigenvalue weighted by Gasteiger charge is 2.28. The van der Waals surface area contributed by atoms with Crippen LogP contribution < -0.4 is 11.1 Å². The number of ether oxygens (including phenoxy) is 1. The summed E-state index contributed by atoms with van der Waals surface area (Å²) in [6.07, 6.45) is 2.23. The molecule has 3 N–H and O–H groups in total. The van der Waals surface area contributed by atoms with Crippen LogP contribution in [-0.2, 0) is 14.3 Å². The van der Waals surface area contributed by atoms with Gasteiger partial charge >= 0.3 is 5.97 Å². The van der Waals surface area contributed by atoms with E-state index in [1.807, 2.05) is 20.8 Å². The Labute approximate surface area is 103 Å². The maximum atomic E-state index is 11.7. The van der Waals surface area contributed by atoms with Crippen molar-refractivity contribution in [3.8, 4) is 0 Å². The zero-order valence-corrected chi connectivity index (χ0v) is 11.2. The van der Waals surface area contributed by atoms with E-state index in [1.165, 1.54) is 7.11 Å². The Morgan fingerprint density at radius 2 is 1.94 bits per heavy atom. The smallest absolute Gasteiger partial charge is 0.328 e. The van der Waals surface area contributed by atoms with E-state index in [1.54, 1.807) is 0 Å². The monoisotopic (exact) mass is 244 g/mol. The predicted molar refractivity (Wildman–Crippen MR) is 66.3 cm³/mol. The fraction of sp³-hybridized carbons (Fsp3) is 0.833. The molecule has 0 rings (SSSR count). The van der Waals surface area contributed by atoms with Crippen molar-refractivity contribution in [2.45, 2.75) is 52.1 Å². The van der Waals surface area contributed by atoms with E-state index in [0.717, 1.165) is 12.8 Å². The van der Waals surface area contributed by atoms with Crippen LogP contribution in [-0.4, -0.2) is 31.1 Å². The second-order valence-electron chi connectivity index (χ2n) is 4.29. The first-order valence-electron chi connectivity index (χ1n) is 6.11. The number of methoxy groups -OCH3 is 1. The highest BCUT2D eigenvalue weighted by molar-refractivity contribution is 5.87. The van der Waals surface area contributed by atoms with Crippen LogP contribution in [0.5, 0.6) is 0 Å². The number of nitrogens with two attached hydrogens (primary N) is 1. The van der Waals surface area contributed by atoms with Crippen LogP contribution in [0.15, 0.2) is 0 Å². The molecule has 3 atom stereocenters. The van der Waals surface area contributed by atoms with Crippen LogP contribution in [0.25, 0.3) is 0 Å². The summed E-state index contributed by atoms with van der Waals surface area (Å²) in [4.78, 5) is 23.3. The molecule has 0 aromatic carbocycles. The molecule has 0 aliphatic rings. The lowest BCUT2D eigenvalue weighted by Crippen LogP contribution is -2.51. The van der Waals surface area contributed by atoms with Gasteiger partial charge in [-0.15, -0.1) is 0 Å². The summed E-state index contributed by atoms with van der Waals surface area (Å²) in [6, 6.07) is -1.17. The Morgan fingerprint density at radius 3 is 2.35 bits per heavy atom. The van der Waals surface area contributed by atoms with Crippen molar-refractivity contribution in [1.82, 2.24) is 5.32 Å². The Morgan fingerprint density at radius 1 is 1.35 bits per heavy atom. The van der Waals surface area contributed by atoms with Gasteiger partial charge in [0.05, 0.1) is 13.2 Å². The van der Waals surface area contributed by atoms with Gasteiger partial charge in [-0.05, 0) is 12.3 Å². The fourth-order valence-corrected chi connectivity index (χ4v) is 1.50. The predicted octanol–water partition coefficient (Wildman–Crippen LogP) is 0.818. The van der Waals surface area contributed by atoms with E-state index in [0.29, 0.717) is 6.42 Å². The van der Waals surface area contributed by atoms with Crippen LogP contribution in [0, 0.1) is 5.92 Å². The highest BCUT2D eigenvalue weighted by atomic mass is 16.5. The zero-order chi connectivity index (χ0) is 13.4. The van der Waals surface area contributed by atoms with Crippen LogP contribution >= 0.6 is 0 Å². The maximum absolute atomic E-state index is 11.7. The van der Waals surface area contributed by atoms with E-state index >= 15 is 0 Å². The third-order valence-corrected chi connectivity index (χ3v) is 2.90. The number of carbonyl (C=O) groups excluding carboxylic acids is 2. The summed E-state index contributed by atoms with van der Waals surface area (Å²) in [5.74, 6) is -0.681. The molecule has 100 valence electrons. The molecule has 0 aliphatic carbocycles. The zero-order valence-electron chi connectivity index (χ0n) is 11.2. The molecule has 0 radical (unpaired) electrons. The quantitative estimate of drug-likeness (QED) is 0.650. The molecular weight excluding hydrogens is 220 g/mol. The van der Waals surface area contributed by atoms with E-state index in [2.05, 4.69) is 10.1 Å². The first-order chi connectivity index (χ1) is 7.97. The number of nitrogens with one attached hydrogen (secondary N) is 1. The number of hydrogen-bond acceptors (Lipinski definition) is 4. The van der Waals surface area contributed by atoms with Crippen molar-refractivity contribution in [1.29, 1.82) is 0 Å². The van der Waals surface area contributed by atoms with Gasteiger partial charge in [0, 0.05) is 0 Å². The van der Waals surface area contributed by atoms with Crippen molar-refractivity contribution in [3.05, 3.63) is 0 Å². The Kier molecular flexibility index (Phi) is 7.54. The fourth-order valence-electron chi connectivity index (χ4n) is 1.50. The second-order valence-corrected chi connectivity index (χ2v) is 4.29. The standard InChI is InChI=1S/C12H24N2O3/c1-5-7-9(13)11(15)14-10(8(3)6-2)12(16)17-4/h8-10H,5-7,13H2,1-4H3,(H,14,15)/t8?,9-,10?/m1/s1. The molecule has 0 fully saturated rings. The topological polar surface area (TPSA) is 81.4 Å². The van der Waals surface area contributed by atoms with E-state index < -0.39 is 18.1 Å². The molecule has 17 heavy (non-hydrogen) atoms. The van der Waals surface area contributed by atoms with Crippen molar-refractivity contribution in [3.63, 3.8) is 0 Å². The number of rotatable bonds is 7. The van der Waals surface area contributed by atoms with E-state index in [9.17, 15) is 9.59 Å². The summed E-state index contributed by atoms with van der Waals surface area (Å²) in [6.45, 7) is 5.81. The maximum Gasteiger partial charge on any atom is 0.328 e. The number of carbonyl (C=O) groups is 2. The molecule has 1 amide bonds.